The van der Waals surface area contributed by atoms with E-state index in [-0.39, 0.29) is 16.5 Å². The van der Waals surface area contributed by atoms with Crippen molar-refractivity contribution in [3.63, 3.8) is 0 Å². The second kappa shape index (κ2) is 6.47. The second-order valence-electron chi connectivity index (χ2n) is 5.17. The van der Waals surface area contributed by atoms with Crippen LogP contribution in [0.3, 0.4) is 0 Å². The number of hydrogen-bond acceptors (Lipinski definition) is 7. The second-order valence-corrected chi connectivity index (χ2v) is 5.58. The fourth-order valence-electron chi connectivity index (χ4n) is 2.53. The average Bonchev–Trinajstić information content (AvgIpc) is 2.96. The summed E-state index contributed by atoms with van der Waals surface area (Å²) in [6, 6.07) is 2.64. The van der Waals surface area contributed by atoms with Gasteiger partial charge in [0.2, 0.25) is 0 Å². The van der Waals surface area contributed by atoms with Crippen molar-refractivity contribution >= 4 is 17.3 Å². The first-order valence-electron chi connectivity index (χ1n) is 7.21. The Bertz CT molecular complexity index is 757. The van der Waals surface area contributed by atoms with Crippen molar-refractivity contribution < 1.29 is 19.6 Å². The Labute approximate surface area is 137 Å². The monoisotopic (exact) mass is 337 g/mol. The Balaban J connectivity index is 2.01. The van der Waals surface area contributed by atoms with Crippen LogP contribution in [0.15, 0.2) is 21.8 Å². The van der Waals surface area contributed by atoms with E-state index in [9.17, 15) is 10.2 Å². The first-order valence-corrected chi connectivity index (χ1v) is 7.59. The largest absolute Gasteiger partial charge is 0.507 e. The molecule has 1 aromatic carbocycles. The summed E-state index contributed by atoms with van der Waals surface area (Å²) in [4.78, 5) is 5.12. The Morgan fingerprint density at radius 1 is 1.30 bits per heavy atom. The van der Waals surface area contributed by atoms with Crippen LogP contribution < -0.4 is 5.73 Å². The number of fused-ring (bicyclic) bond motifs is 1. The molecule has 1 aliphatic carbocycles. The molecule has 1 aliphatic rings. The molecule has 0 saturated carbocycles. The predicted octanol–water partition coefficient (Wildman–Crippen LogP) is 2.42. The third-order valence-electron chi connectivity index (χ3n) is 3.59. The van der Waals surface area contributed by atoms with E-state index in [0.717, 1.165) is 18.4 Å². The Morgan fingerprint density at radius 3 is 2.91 bits per heavy atom. The van der Waals surface area contributed by atoms with Crippen molar-refractivity contribution in [3.05, 3.63) is 28.5 Å². The van der Waals surface area contributed by atoms with Gasteiger partial charge < -0.3 is 25.3 Å². The Kier molecular flexibility index (Phi) is 4.40. The van der Waals surface area contributed by atoms with Crippen molar-refractivity contribution in [3.8, 4) is 22.8 Å². The van der Waals surface area contributed by atoms with E-state index in [1.165, 1.54) is 12.1 Å². The molecule has 0 aliphatic heterocycles. The summed E-state index contributed by atoms with van der Waals surface area (Å²) in [7, 11) is 0. The predicted molar refractivity (Wildman–Crippen MR) is 84.8 cm³/mol. The molecule has 122 valence electrons. The fourth-order valence-corrected chi connectivity index (χ4v) is 2.69. The number of aromatic hydroxyl groups is 2. The lowest BCUT2D eigenvalue weighted by Gasteiger charge is -2.12. The minimum Gasteiger partial charge on any atom is -0.507 e. The van der Waals surface area contributed by atoms with E-state index in [1.54, 1.807) is 0 Å². The maximum absolute atomic E-state index is 10.1. The molecular weight excluding hydrogens is 322 g/mol. The van der Waals surface area contributed by atoms with Gasteiger partial charge in [0.25, 0.3) is 0 Å². The quantitative estimate of drug-likeness (QED) is 0.583. The summed E-state index contributed by atoms with van der Waals surface area (Å²) in [5.41, 5.74) is 7.77. The van der Waals surface area contributed by atoms with Crippen LogP contribution in [-0.4, -0.2) is 34.2 Å². The highest BCUT2D eigenvalue weighted by molar-refractivity contribution is 6.32. The van der Waals surface area contributed by atoms with Crippen LogP contribution in [0.25, 0.3) is 11.3 Å². The molecule has 0 fully saturated rings. The topological polar surface area (TPSA) is 114 Å². The summed E-state index contributed by atoms with van der Waals surface area (Å²) in [5.74, 6) is 0.237. The molecule has 3 rings (SSSR count). The number of rotatable bonds is 4. The molecule has 0 spiro atoms. The van der Waals surface area contributed by atoms with Crippen molar-refractivity contribution in [2.24, 2.45) is 10.9 Å². The molecule has 4 N–H and O–H groups in total. The molecule has 8 heteroatoms. The van der Waals surface area contributed by atoms with Crippen molar-refractivity contribution in [1.82, 2.24) is 5.16 Å². The molecule has 0 bridgehead atoms. The van der Waals surface area contributed by atoms with Crippen LogP contribution in [0.2, 0.25) is 5.02 Å². The average molecular weight is 338 g/mol. The number of nitrogens with zero attached hydrogens (tertiary/aromatic N) is 2. The van der Waals surface area contributed by atoms with E-state index in [4.69, 9.17) is 26.7 Å². The Hall–Kier alpha value is -2.25. The summed E-state index contributed by atoms with van der Waals surface area (Å²) < 4.78 is 5.40. The third-order valence-corrected chi connectivity index (χ3v) is 3.90. The fraction of sp³-hybridized carbons (Fsp3) is 0.333. The lowest BCUT2D eigenvalue weighted by Crippen LogP contribution is -2.12. The van der Waals surface area contributed by atoms with E-state index in [0.29, 0.717) is 42.3 Å². The first-order chi connectivity index (χ1) is 11.1. The van der Waals surface area contributed by atoms with Gasteiger partial charge >= 0.3 is 0 Å². The van der Waals surface area contributed by atoms with E-state index >= 15 is 0 Å². The van der Waals surface area contributed by atoms with Gasteiger partial charge in [-0.2, -0.15) is 0 Å². The lowest BCUT2D eigenvalue weighted by atomic mass is 9.92. The lowest BCUT2D eigenvalue weighted by molar-refractivity contribution is 0.151. The molecule has 1 aromatic heterocycles. The molecule has 2 aromatic rings. The summed E-state index contributed by atoms with van der Waals surface area (Å²) in [6.45, 7) is 0.708. The van der Waals surface area contributed by atoms with Crippen LogP contribution in [-0.2, 0) is 11.3 Å². The van der Waals surface area contributed by atoms with E-state index in [1.807, 2.05) is 0 Å². The first kappa shape index (κ1) is 15.6. The van der Waals surface area contributed by atoms with Crippen molar-refractivity contribution in [2.75, 3.05) is 13.2 Å². The normalized spacial score (nSPS) is 15.7. The number of halogens is 1. The van der Waals surface area contributed by atoms with Gasteiger partial charge in [-0.25, -0.2) is 0 Å². The van der Waals surface area contributed by atoms with E-state index < -0.39 is 0 Å². The molecule has 0 atom stereocenters. The Morgan fingerprint density at radius 2 is 2.13 bits per heavy atom. The molecule has 1 heterocycles. The molecule has 0 radical (unpaired) electrons. The molecule has 0 unspecified atom stereocenters. The molecule has 23 heavy (non-hydrogen) atoms. The number of hydrogen-bond donors (Lipinski definition) is 3. The maximum atomic E-state index is 10.1. The van der Waals surface area contributed by atoms with Crippen molar-refractivity contribution in [2.45, 2.75) is 19.3 Å². The van der Waals surface area contributed by atoms with Gasteiger partial charge in [0.15, 0.2) is 5.76 Å². The van der Waals surface area contributed by atoms with Gasteiger partial charge in [-0.1, -0.05) is 21.9 Å². The summed E-state index contributed by atoms with van der Waals surface area (Å²) in [5, 5.41) is 27.8. The smallest absolute Gasteiger partial charge is 0.188 e. The van der Waals surface area contributed by atoms with Gasteiger partial charge in [-0.05, 0) is 25.3 Å². The number of phenols is 2. The number of aromatic nitrogens is 1. The van der Waals surface area contributed by atoms with Crippen LogP contribution in [0.1, 0.15) is 24.2 Å². The number of oxime groups is 1. The highest BCUT2D eigenvalue weighted by Crippen LogP contribution is 2.40. The maximum Gasteiger partial charge on any atom is 0.188 e. The van der Waals surface area contributed by atoms with Gasteiger partial charge in [0.1, 0.15) is 29.5 Å². The standard InChI is InChI=1S/C15H16ClN3O4/c16-10-6-9(12(20)7-13(10)21)14-8-2-1-3-11(15(8)23-19-14)18-22-5-4-17/h6-7,20-21H,1-5,17H2/b18-11-. The molecule has 0 amide bonds. The minimum absolute atomic E-state index is 0.119. The summed E-state index contributed by atoms with van der Waals surface area (Å²) in [6.07, 6.45) is 2.31. The SMILES string of the molecule is NCCO/N=C1/CCCc2c(-c3cc(Cl)c(O)cc3O)noc21. The van der Waals surface area contributed by atoms with Crippen LogP contribution in [0, 0.1) is 0 Å². The zero-order valence-electron chi connectivity index (χ0n) is 12.3. The van der Waals surface area contributed by atoms with Crippen LogP contribution in [0.5, 0.6) is 11.5 Å². The van der Waals surface area contributed by atoms with Gasteiger partial charge in [-0.3, -0.25) is 0 Å². The molecule has 0 saturated heterocycles. The zero-order chi connectivity index (χ0) is 16.4. The molecular formula is C15H16ClN3O4. The van der Waals surface area contributed by atoms with Gasteiger partial charge in [0, 0.05) is 23.7 Å². The minimum atomic E-state index is -0.192. The molecule has 7 nitrogen and oxygen atoms in total. The highest BCUT2D eigenvalue weighted by atomic mass is 35.5. The third kappa shape index (κ3) is 2.97. The van der Waals surface area contributed by atoms with Crippen LogP contribution in [0.4, 0.5) is 0 Å². The number of phenolic OH excluding ortho intramolecular Hbond substituents is 2. The number of nitrogens with two attached hydrogens (primary N) is 1. The summed E-state index contributed by atoms with van der Waals surface area (Å²) >= 11 is 5.92. The van der Waals surface area contributed by atoms with E-state index in [2.05, 4.69) is 10.3 Å². The van der Waals surface area contributed by atoms with Crippen molar-refractivity contribution in [1.29, 1.82) is 0 Å². The zero-order valence-corrected chi connectivity index (χ0v) is 13.0. The number of benzene rings is 1. The van der Waals surface area contributed by atoms with Crippen LogP contribution >= 0.6 is 11.6 Å². The highest BCUT2D eigenvalue weighted by Gasteiger charge is 2.27. The van der Waals surface area contributed by atoms with Gasteiger partial charge in [0.05, 0.1) is 5.02 Å². The van der Waals surface area contributed by atoms with Gasteiger partial charge in [-0.15, -0.1) is 0 Å².